The molecule has 0 saturated heterocycles. The summed E-state index contributed by atoms with van der Waals surface area (Å²) in [6.45, 7) is 0.569. The molecule has 0 amide bonds. The molecule has 6 heteroatoms. The maximum atomic E-state index is 5.64. The van der Waals surface area contributed by atoms with Gasteiger partial charge in [0.1, 0.15) is 16.2 Å². The van der Waals surface area contributed by atoms with E-state index in [2.05, 4.69) is 31.2 Å². The third kappa shape index (κ3) is 3.10. The van der Waals surface area contributed by atoms with Crippen LogP contribution in [0.1, 0.15) is 5.56 Å². The summed E-state index contributed by atoms with van der Waals surface area (Å²) in [6.07, 6.45) is 0. The van der Waals surface area contributed by atoms with Crippen LogP contribution in [0.5, 0.6) is 5.75 Å². The molecule has 0 aliphatic rings. The lowest BCUT2D eigenvalue weighted by Crippen LogP contribution is -2.06. The van der Waals surface area contributed by atoms with Gasteiger partial charge in [0.15, 0.2) is 0 Å². The van der Waals surface area contributed by atoms with E-state index in [0.29, 0.717) is 22.9 Å². The first-order chi connectivity index (χ1) is 8.69. The van der Waals surface area contributed by atoms with Gasteiger partial charge in [-0.2, -0.15) is 4.98 Å². The topological polar surface area (TPSA) is 73.1 Å². The largest absolute Gasteiger partial charge is 0.496 e. The van der Waals surface area contributed by atoms with Crippen LogP contribution in [-0.4, -0.2) is 17.1 Å². The number of para-hydroxylation sites is 1. The second-order valence-corrected chi connectivity index (χ2v) is 4.42. The van der Waals surface area contributed by atoms with Crippen molar-refractivity contribution in [3.05, 3.63) is 40.5 Å². The van der Waals surface area contributed by atoms with E-state index < -0.39 is 0 Å². The van der Waals surface area contributed by atoms with Gasteiger partial charge in [-0.05, 0) is 22.0 Å². The lowest BCUT2D eigenvalue weighted by molar-refractivity contribution is 0.410. The van der Waals surface area contributed by atoms with Gasteiger partial charge in [-0.25, -0.2) is 4.98 Å². The van der Waals surface area contributed by atoms with Gasteiger partial charge >= 0.3 is 0 Å². The van der Waals surface area contributed by atoms with Crippen molar-refractivity contribution < 1.29 is 4.74 Å². The van der Waals surface area contributed by atoms with E-state index in [9.17, 15) is 0 Å². The molecule has 0 radical (unpaired) electrons. The van der Waals surface area contributed by atoms with Crippen LogP contribution < -0.4 is 15.8 Å². The molecule has 0 saturated carbocycles. The number of nitrogens with zero attached hydrogens (tertiary/aromatic N) is 2. The third-order valence-electron chi connectivity index (χ3n) is 2.34. The Hall–Kier alpha value is -1.82. The molecular weight excluding hydrogens is 296 g/mol. The number of nitrogen functional groups attached to an aromatic ring is 1. The van der Waals surface area contributed by atoms with E-state index in [1.165, 1.54) is 0 Å². The number of hydrogen-bond donors (Lipinski definition) is 2. The van der Waals surface area contributed by atoms with E-state index in [1.54, 1.807) is 13.2 Å². The number of halogens is 1. The molecule has 1 aromatic heterocycles. The zero-order chi connectivity index (χ0) is 13.0. The predicted octanol–water partition coefficient (Wildman–Crippen LogP) is 2.44. The molecule has 1 aromatic carbocycles. The third-order valence-corrected chi connectivity index (χ3v) is 2.75. The maximum Gasteiger partial charge on any atom is 0.225 e. The van der Waals surface area contributed by atoms with Crippen LogP contribution in [0.3, 0.4) is 0 Å². The summed E-state index contributed by atoms with van der Waals surface area (Å²) in [5, 5.41) is 3.11. The molecule has 0 fully saturated rings. The quantitative estimate of drug-likeness (QED) is 0.849. The van der Waals surface area contributed by atoms with Gasteiger partial charge in [0.25, 0.3) is 0 Å². The minimum Gasteiger partial charge on any atom is -0.496 e. The highest BCUT2D eigenvalue weighted by Gasteiger charge is 2.04. The zero-order valence-corrected chi connectivity index (χ0v) is 11.4. The lowest BCUT2D eigenvalue weighted by Gasteiger charge is -2.09. The van der Waals surface area contributed by atoms with E-state index in [0.717, 1.165) is 11.3 Å². The maximum absolute atomic E-state index is 5.64. The minimum atomic E-state index is 0.416. The molecule has 5 nitrogen and oxygen atoms in total. The Kier molecular flexibility index (Phi) is 3.99. The molecular formula is C12H13BrN4O. The van der Waals surface area contributed by atoms with Crippen LogP contribution >= 0.6 is 15.9 Å². The van der Waals surface area contributed by atoms with E-state index >= 15 is 0 Å². The SMILES string of the molecule is COc1ccccc1CNc1nc(N)cc(Br)n1. The zero-order valence-electron chi connectivity index (χ0n) is 9.85. The molecule has 0 spiro atoms. The van der Waals surface area contributed by atoms with Crippen LogP contribution in [0.4, 0.5) is 11.8 Å². The summed E-state index contributed by atoms with van der Waals surface area (Å²) in [5.74, 6) is 1.72. The smallest absolute Gasteiger partial charge is 0.225 e. The Morgan fingerprint density at radius 1 is 1.33 bits per heavy atom. The van der Waals surface area contributed by atoms with Gasteiger partial charge < -0.3 is 15.8 Å². The van der Waals surface area contributed by atoms with Crippen LogP contribution in [0.15, 0.2) is 34.9 Å². The van der Waals surface area contributed by atoms with Crippen LogP contribution in [0.2, 0.25) is 0 Å². The molecule has 2 rings (SSSR count). The van der Waals surface area contributed by atoms with Crippen LogP contribution in [0.25, 0.3) is 0 Å². The number of nitrogens with two attached hydrogens (primary N) is 1. The van der Waals surface area contributed by atoms with E-state index in [4.69, 9.17) is 10.5 Å². The standard InChI is InChI=1S/C12H13BrN4O/c1-18-9-5-3-2-4-8(9)7-15-12-16-10(13)6-11(14)17-12/h2-6H,7H2,1H3,(H3,14,15,16,17). The molecule has 0 aliphatic carbocycles. The fourth-order valence-corrected chi connectivity index (χ4v) is 1.94. The van der Waals surface area contributed by atoms with Crippen LogP contribution in [0, 0.1) is 0 Å². The summed E-state index contributed by atoms with van der Waals surface area (Å²) in [4.78, 5) is 8.27. The molecule has 0 bridgehead atoms. The lowest BCUT2D eigenvalue weighted by atomic mass is 10.2. The first-order valence-electron chi connectivity index (χ1n) is 5.35. The van der Waals surface area contributed by atoms with Crippen molar-refractivity contribution in [1.82, 2.24) is 9.97 Å². The van der Waals surface area contributed by atoms with Crippen molar-refractivity contribution in [3.8, 4) is 5.75 Å². The van der Waals surface area contributed by atoms with Crippen molar-refractivity contribution in [3.63, 3.8) is 0 Å². The fourth-order valence-electron chi connectivity index (χ4n) is 1.54. The second-order valence-electron chi connectivity index (χ2n) is 3.60. The average Bonchev–Trinajstić information content (AvgIpc) is 2.35. The van der Waals surface area contributed by atoms with Crippen molar-refractivity contribution in [2.24, 2.45) is 0 Å². The van der Waals surface area contributed by atoms with Crippen molar-refractivity contribution >= 4 is 27.7 Å². The highest BCUT2D eigenvalue weighted by molar-refractivity contribution is 9.10. The summed E-state index contributed by atoms with van der Waals surface area (Å²) in [6, 6.07) is 9.42. The molecule has 0 atom stereocenters. The molecule has 1 heterocycles. The van der Waals surface area contributed by atoms with Crippen molar-refractivity contribution in [2.45, 2.75) is 6.54 Å². The Bertz CT molecular complexity index is 527. The number of nitrogens with one attached hydrogen (secondary N) is 1. The highest BCUT2D eigenvalue weighted by atomic mass is 79.9. The second kappa shape index (κ2) is 5.68. The number of anilines is 2. The van der Waals surface area contributed by atoms with Crippen LogP contribution in [-0.2, 0) is 6.54 Å². The Labute approximate surface area is 114 Å². The Balaban J connectivity index is 2.11. The molecule has 0 aliphatic heterocycles. The number of aromatic nitrogens is 2. The molecule has 18 heavy (non-hydrogen) atoms. The number of methoxy groups -OCH3 is 1. The monoisotopic (exact) mass is 308 g/mol. The first kappa shape index (κ1) is 12.6. The van der Waals surface area contributed by atoms with Gasteiger partial charge in [0.2, 0.25) is 5.95 Å². The minimum absolute atomic E-state index is 0.416. The van der Waals surface area contributed by atoms with Gasteiger partial charge in [0.05, 0.1) is 7.11 Å². The normalized spacial score (nSPS) is 10.1. The summed E-state index contributed by atoms with van der Waals surface area (Å²) >= 11 is 3.27. The average molecular weight is 309 g/mol. The summed E-state index contributed by atoms with van der Waals surface area (Å²) < 4.78 is 5.92. The van der Waals surface area contributed by atoms with E-state index in [1.807, 2.05) is 24.3 Å². The number of rotatable bonds is 4. The first-order valence-corrected chi connectivity index (χ1v) is 6.14. The summed E-state index contributed by atoms with van der Waals surface area (Å²) in [7, 11) is 1.65. The van der Waals surface area contributed by atoms with Gasteiger partial charge in [-0.15, -0.1) is 0 Å². The Morgan fingerprint density at radius 2 is 2.11 bits per heavy atom. The number of ether oxygens (including phenoxy) is 1. The number of benzene rings is 1. The Morgan fingerprint density at radius 3 is 2.83 bits per heavy atom. The summed E-state index contributed by atoms with van der Waals surface area (Å²) in [5.41, 5.74) is 6.67. The number of hydrogen-bond acceptors (Lipinski definition) is 5. The van der Waals surface area contributed by atoms with Gasteiger partial charge in [0, 0.05) is 18.2 Å². The van der Waals surface area contributed by atoms with Crippen molar-refractivity contribution in [1.29, 1.82) is 0 Å². The molecule has 2 aromatic rings. The molecule has 0 unspecified atom stereocenters. The fraction of sp³-hybridized carbons (Fsp3) is 0.167. The highest BCUT2D eigenvalue weighted by Crippen LogP contribution is 2.19. The molecule has 94 valence electrons. The molecule has 3 N–H and O–H groups in total. The van der Waals surface area contributed by atoms with Gasteiger partial charge in [-0.1, -0.05) is 18.2 Å². The van der Waals surface area contributed by atoms with Crippen molar-refractivity contribution in [2.75, 3.05) is 18.2 Å². The predicted molar refractivity (Wildman–Crippen MR) is 74.5 cm³/mol. The van der Waals surface area contributed by atoms with E-state index in [-0.39, 0.29) is 0 Å². The van der Waals surface area contributed by atoms with Gasteiger partial charge in [-0.3, -0.25) is 0 Å².